The predicted octanol–water partition coefficient (Wildman–Crippen LogP) is 2.12. The molecule has 1 saturated heterocycles. The zero-order chi connectivity index (χ0) is 32.5. The van der Waals surface area contributed by atoms with Crippen LogP contribution in [-0.2, 0) is 31.0 Å². The third-order valence-electron chi connectivity index (χ3n) is 8.32. The number of phenolic OH excluding ortho intramolecular Hbond substituents is 1. The lowest BCUT2D eigenvalue weighted by molar-refractivity contribution is -0.131. The number of nitrogens with one attached hydrogen (secondary N) is 4. The second-order valence-electron chi connectivity index (χ2n) is 11.5. The van der Waals surface area contributed by atoms with Crippen molar-refractivity contribution in [2.24, 2.45) is 0 Å². The molecule has 0 saturated carbocycles. The molecule has 0 spiro atoms. The summed E-state index contributed by atoms with van der Waals surface area (Å²) in [6.45, 7) is 1.14. The Balaban J connectivity index is 1.39. The number of benzene rings is 3. The summed E-state index contributed by atoms with van der Waals surface area (Å²) < 4.78 is 25.6. The largest absolute Gasteiger partial charge is 0.508 e. The minimum atomic E-state index is -1.31. The summed E-state index contributed by atoms with van der Waals surface area (Å²) in [7, 11) is 0. The fourth-order valence-corrected chi connectivity index (χ4v) is 5.73. The van der Waals surface area contributed by atoms with Gasteiger partial charge in [-0.05, 0) is 60.4 Å². The molecule has 0 aromatic heterocycles. The molecule has 2 aliphatic heterocycles. The molecule has 242 valence electrons. The fourth-order valence-electron chi connectivity index (χ4n) is 5.73. The van der Waals surface area contributed by atoms with Gasteiger partial charge in [0.25, 0.3) is 5.91 Å². The molecule has 5 N–H and O–H groups in total. The predicted molar refractivity (Wildman–Crippen MR) is 166 cm³/mol. The van der Waals surface area contributed by atoms with Gasteiger partial charge in [-0.3, -0.25) is 19.2 Å². The van der Waals surface area contributed by atoms with Crippen molar-refractivity contribution >= 4 is 23.6 Å². The number of fused-ring (bicyclic) bond motifs is 1. The fraction of sp³-hybridized carbons (Fsp3) is 0.353. The Labute approximate surface area is 265 Å². The molecule has 2 heterocycles. The zero-order valence-corrected chi connectivity index (χ0v) is 25.2. The Morgan fingerprint density at radius 2 is 1.72 bits per heavy atom. The van der Waals surface area contributed by atoms with Crippen molar-refractivity contribution in [2.75, 3.05) is 32.9 Å². The number of hydrogen-bond acceptors (Lipinski definition) is 7. The highest BCUT2D eigenvalue weighted by Gasteiger charge is 2.37. The van der Waals surface area contributed by atoms with E-state index in [1.807, 2.05) is 6.07 Å². The number of rotatable bonds is 6. The van der Waals surface area contributed by atoms with Crippen LogP contribution in [0.2, 0.25) is 0 Å². The average molecular weight is 633 g/mol. The van der Waals surface area contributed by atoms with Crippen LogP contribution < -0.4 is 26.0 Å². The summed E-state index contributed by atoms with van der Waals surface area (Å²) in [5, 5.41) is 20.7. The Hall–Kier alpha value is -4.97. The first-order valence-electron chi connectivity index (χ1n) is 15.2. The molecule has 2 atom stereocenters. The monoisotopic (exact) mass is 632 g/mol. The van der Waals surface area contributed by atoms with E-state index in [2.05, 4.69) is 21.3 Å². The third-order valence-corrected chi connectivity index (χ3v) is 8.32. The second kappa shape index (κ2) is 14.9. The molecule has 3 aromatic carbocycles. The van der Waals surface area contributed by atoms with Gasteiger partial charge in [0.05, 0.1) is 18.5 Å². The molecule has 46 heavy (non-hydrogen) atoms. The Bertz CT molecular complexity index is 1560. The van der Waals surface area contributed by atoms with E-state index in [9.17, 15) is 28.7 Å². The molecule has 0 bridgehead atoms. The minimum Gasteiger partial charge on any atom is -0.508 e. The highest BCUT2D eigenvalue weighted by atomic mass is 19.1. The first kappa shape index (κ1) is 32.4. The van der Waals surface area contributed by atoms with Crippen LogP contribution in [0, 0.1) is 5.82 Å². The van der Waals surface area contributed by atoms with Crippen molar-refractivity contribution in [1.29, 1.82) is 0 Å². The summed E-state index contributed by atoms with van der Waals surface area (Å²) in [5.41, 5.74) is 0.955. The van der Waals surface area contributed by atoms with E-state index in [0.717, 1.165) is 5.56 Å². The molecule has 3 aromatic rings. The maximum absolute atomic E-state index is 14.2. The average Bonchev–Trinajstić information content (AvgIpc) is 3.06. The molecular weight excluding hydrogens is 595 g/mol. The number of halogens is 1. The molecule has 2 aliphatic rings. The summed E-state index contributed by atoms with van der Waals surface area (Å²) >= 11 is 0. The van der Waals surface area contributed by atoms with Crippen LogP contribution in [0.5, 0.6) is 11.5 Å². The van der Waals surface area contributed by atoms with Crippen LogP contribution in [0.4, 0.5) is 4.39 Å². The number of hydrogen-bond donors (Lipinski definition) is 5. The normalized spacial score (nSPS) is 20.5. The number of carbonyl (C=O) groups is 4. The van der Waals surface area contributed by atoms with Crippen LogP contribution in [0.1, 0.15) is 40.7 Å². The lowest BCUT2D eigenvalue weighted by atomic mass is 9.74. The molecule has 0 radical (unpaired) electrons. The Kier molecular flexibility index (Phi) is 10.5. The highest BCUT2D eigenvalue weighted by Crippen LogP contribution is 2.34. The smallest absolute Gasteiger partial charge is 0.255 e. The van der Waals surface area contributed by atoms with E-state index in [1.54, 1.807) is 42.5 Å². The van der Waals surface area contributed by atoms with E-state index in [1.165, 1.54) is 24.3 Å². The van der Waals surface area contributed by atoms with Gasteiger partial charge in [-0.15, -0.1) is 0 Å². The molecule has 11 nitrogen and oxygen atoms in total. The standard InChI is InChI=1S/C34H37FN4O7/c35-24-5-3-4-23(19-24)34(12-15-45-16-13-34)21-37-33(44)28-20-30(41)38-27(18-22-8-10-25(40)11-9-22)32(43)36-14-17-46-29-7-2-1-6-26(29)31(42)39-28/h1-11,19,27-28,40H,12-18,20-21H2,(H,36,43)(H,37,44)(H,38,41)(H,39,42)/t27-,28-/m0/s1. The lowest BCUT2D eigenvalue weighted by Crippen LogP contribution is -2.54. The van der Waals surface area contributed by atoms with Crippen LogP contribution >= 0.6 is 0 Å². The Morgan fingerprint density at radius 3 is 2.48 bits per heavy atom. The number of carbonyl (C=O) groups excluding carboxylic acids is 4. The zero-order valence-electron chi connectivity index (χ0n) is 25.2. The van der Waals surface area contributed by atoms with E-state index >= 15 is 0 Å². The molecule has 12 heteroatoms. The summed E-state index contributed by atoms with van der Waals surface area (Å²) in [4.78, 5) is 53.8. The van der Waals surface area contributed by atoms with Crippen molar-refractivity contribution in [2.45, 2.75) is 43.2 Å². The summed E-state index contributed by atoms with van der Waals surface area (Å²) in [6.07, 6.45) is 0.721. The Morgan fingerprint density at radius 1 is 0.957 bits per heavy atom. The summed E-state index contributed by atoms with van der Waals surface area (Å²) in [5.74, 6) is -2.40. The van der Waals surface area contributed by atoms with Gasteiger partial charge in [0.1, 0.15) is 36.0 Å². The summed E-state index contributed by atoms with van der Waals surface area (Å²) in [6, 6.07) is 16.6. The quantitative estimate of drug-likeness (QED) is 0.279. The van der Waals surface area contributed by atoms with Crippen LogP contribution in [-0.4, -0.2) is 73.7 Å². The molecule has 0 unspecified atom stereocenters. The van der Waals surface area contributed by atoms with Crippen molar-refractivity contribution in [3.05, 3.63) is 95.3 Å². The first-order chi connectivity index (χ1) is 22.2. The van der Waals surface area contributed by atoms with E-state index in [-0.39, 0.29) is 43.2 Å². The minimum absolute atomic E-state index is 0.0473. The van der Waals surface area contributed by atoms with E-state index in [4.69, 9.17) is 9.47 Å². The van der Waals surface area contributed by atoms with Crippen molar-refractivity contribution in [3.63, 3.8) is 0 Å². The van der Waals surface area contributed by atoms with Gasteiger partial charge in [-0.2, -0.15) is 0 Å². The molecule has 1 fully saturated rings. The van der Waals surface area contributed by atoms with Crippen LogP contribution in [0.25, 0.3) is 0 Å². The topological polar surface area (TPSA) is 155 Å². The van der Waals surface area contributed by atoms with Gasteiger partial charge in [0.15, 0.2) is 0 Å². The first-order valence-corrected chi connectivity index (χ1v) is 15.2. The number of phenols is 1. The van der Waals surface area contributed by atoms with Crippen LogP contribution in [0.15, 0.2) is 72.8 Å². The third kappa shape index (κ3) is 8.19. The van der Waals surface area contributed by atoms with E-state index < -0.39 is 53.4 Å². The molecule has 4 amide bonds. The molecular formula is C34H37FN4O7. The maximum atomic E-state index is 14.2. The highest BCUT2D eigenvalue weighted by molar-refractivity contribution is 6.01. The van der Waals surface area contributed by atoms with Gasteiger partial charge >= 0.3 is 0 Å². The van der Waals surface area contributed by atoms with Gasteiger partial charge in [-0.1, -0.05) is 36.4 Å². The molecule has 0 aliphatic carbocycles. The van der Waals surface area contributed by atoms with Crippen LogP contribution in [0.3, 0.4) is 0 Å². The SMILES string of the molecule is O=C1C[C@@H](C(=O)NCC2(c3cccc(F)c3)CCOCC2)NC(=O)c2ccccc2OCCNC(=O)[C@H](Cc2ccc(O)cc2)N1. The maximum Gasteiger partial charge on any atom is 0.255 e. The number of aromatic hydroxyl groups is 1. The number of ether oxygens (including phenoxy) is 2. The second-order valence-corrected chi connectivity index (χ2v) is 11.5. The molecule has 5 rings (SSSR count). The van der Waals surface area contributed by atoms with Gasteiger partial charge < -0.3 is 35.8 Å². The van der Waals surface area contributed by atoms with Gasteiger partial charge in [0.2, 0.25) is 17.7 Å². The van der Waals surface area contributed by atoms with Gasteiger partial charge in [0, 0.05) is 31.6 Å². The van der Waals surface area contributed by atoms with Gasteiger partial charge in [-0.25, -0.2) is 4.39 Å². The van der Waals surface area contributed by atoms with Crippen molar-refractivity contribution in [1.82, 2.24) is 21.3 Å². The number of amides is 4. The lowest BCUT2D eigenvalue weighted by Gasteiger charge is -2.38. The van der Waals surface area contributed by atoms with Crippen molar-refractivity contribution < 1.29 is 38.1 Å². The van der Waals surface area contributed by atoms with E-state index in [0.29, 0.717) is 31.6 Å². The van der Waals surface area contributed by atoms with Crippen molar-refractivity contribution in [3.8, 4) is 11.5 Å². The number of para-hydroxylation sites is 1.